The van der Waals surface area contributed by atoms with Crippen molar-refractivity contribution in [1.29, 1.82) is 0 Å². The van der Waals surface area contributed by atoms with Gasteiger partial charge in [-0.2, -0.15) is 0 Å². The minimum absolute atomic E-state index is 0.00633. The number of benzene rings is 2. The van der Waals surface area contributed by atoms with Crippen LogP contribution in [0.1, 0.15) is 105 Å². The minimum atomic E-state index is -1.10. The summed E-state index contributed by atoms with van der Waals surface area (Å²) in [7, 11) is 0. The molecule has 5 heterocycles. The Morgan fingerprint density at radius 3 is 2.53 bits per heavy atom. The van der Waals surface area contributed by atoms with E-state index in [1.54, 1.807) is 17.4 Å². The van der Waals surface area contributed by atoms with Gasteiger partial charge in [-0.05, 0) is 69.9 Å². The molecule has 2 aromatic heterocycles. The Labute approximate surface area is 325 Å². The van der Waals surface area contributed by atoms with Gasteiger partial charge in [0.2, 0.25) is 17.7 Å². The van der Waals surface area contributed by atoms with Gasteiger partial charge in [0.15, 0.2) is 11.6 Å². The number of carbonyl (C=O) groups is 6. The molecule has 0 unspecified atom stereocenters. The van der Waals surface area contributed by atoms with Gasteiger partial charge in [0.25, 0.3) is 11.8 Å². The number of aromatic nitrogens is 3. The third kappa shape index (κ3) is 7.45. The van der Waals surface area contributed by atoms with Crippen molar-refractivity contribution in [3.05, 3.63) is 91.8 Å². The molecule has 5 amide bonds. The Balaban J connectivity index is 0.906. The number of hydrogen-bond donors (Lipinski definition) is 2. The van der Waals surface area contributed by atoms with Crippen molar-refractivity contribution >= 4 is 64.0 Å². The van der Waals surface area contributed by atoms with Gasteiger partial charge in [0, 0.05) is 40.4 Å². The first-order valence-electron chi connectivity index (χ1n) is 18.0. The van der Waals surface area contributed by atoms with Gasteiger partial charge in [-0.1, -0.05) is 36.2 Å². The average Bonchev–Trinajstić information content (AvgIpc) is 3.73. The Hall–Kier alpha value is -5.54. The zero-order chi connectivity index (χ0) is 39.0. The number of unbranched alkanes of at least 4 members (excludes halogenated alkanes) is 2. The summed E-state index contributed by atoms with van der Waals surface area (Å²) in [5.41, 5.74) is 3.83. The highest BCUT2D eigenvalue weighted by molar-refractivity contribution is 7.15. The Morgan fingerprint density at radius 2 is 1.76 bits per heavy atom. The normalized spacial score (nSPS) is 17.6. The van der Waals surface area contributed by atoms with Crippen LogP contribution in [0, 0.1) is 20.8 Å². The smallest absolute Gasteiger partial charge is 0.266 e. The summed E-state index contributed by atoms with van der Waals surface area (Å²) in [5, 5.41) is 15.6. The third-order valence-electron chi connectivity index (χ3n) is 10.0. The molecule has 16 heteroatoms. The number of imide groups is 2. The van der Waals surface area contributed by atoms with Crippen LogP contribution in [0.25, 0.3) is 5.00 Å². The molecule has 284 valence electrons. The molecule has 0 saturated carbocycles. The SMILES string of the molecule is Cc1sc2c(c1C)C(c1ccc(Cl)cc1)=N[C@@H](CC(=O)NCCCCCC(=O)COc1cccc3c1C(=O)N([C@H]1CCC(=O)NC1=O)C3=O)c1nnc(C)n1-2. The summed E-state index contributed by atoms with van der Waals surface area (Å²) in [6.45, 7) is 6.15. The van der Waals surface area contributed by atoms with Crippen molar-refractivity contribution in [2.24, 2.45) is 4.99 Å². The number of halogens is 1. The lowest BCUT2D eigenvalue weighted by Crippen LogP contribution is -2.54. The van der Waals surface area contributed by atoms with Crippen LogP contribution in [-0.4, -0.2) is 79.9 Å². The van der Waals surface area contributed by atoms with Crippen molar-refractivity contribution in [3.8, 4) is 10.8 Å². The van der Waals surface area contributed by atoms with Crippen molar-refractivity contribution in [2.45, 2.75) is 77.8 Å². The number of Topliss-reactive ketones (excluding diaryl/α,β-unsaturated/α-hetero) is 1. The van der Waals surface area contributed by atoms with Gasteiger partial charge in [-0.3, -0.25) is 48.5 Å². The summed E-state index contributed by atoms with van der Waals surface area (Å²) in [6.07, 6.45) is 2.23. The average molecular weight is 784 g/mol. The highest BCUT2D eigenvalue weighted by Crippen LogP contribution is 2.40. The fraction of sp³-hybridized carbons (Fsp3) is 0.359. The number of ether oxygens (including phenoxy) is 1. The molecular formula is C39H38ClN7O7S. The number of hydrogen-bond acceptors (Lipinski definition) is 11. The first-order valence-corrected chi connectivity index (χ1v) is 19.2. The van der Waals surface area contributed by atoms with E-state index in [4.69, 9.17) is 21.3 Å². The third-order valence-corrected chi connectivity index (χ3v) is 11.5. The molecule has 7 rings (SSSR count). The number of amides is 5. The highest BCUT2D eigenvalue weighted by Gasteiger charge is 2.46. The van der Waals surface area contributed by atoms with Crippen LogP contribution in [0.4, 0.5) is 0 Å². The van der Waals surface area contributed by atoms with Gasteiger partial charge in [0.1, 0.15) is 35.3 Å². The highest BCUT2D eigenvalue weighted by atomic mass is 35.5. The molecule has 0 spiro atoms. The first-order chi connectivity index (χ1) is 26.4. The van der Waals surface area contributed by atoms with E-state index in [1.807, 2.05) is 35.8 Å². The minimum Gasteiger partial charge on any atom is -0.485 e. The number of aliphatic imine (C=N–C) groups is 1. The van der Waals surface area contributed by atoms with E-state index < -0.39 is 35.7 Å². The number of carbonyl (C=O) groups excluding carboxylic acids is 6. The zero-order valence-electron chi connectivity index (χ0n) is 30.4. The van der Waals surface area contributed by atoms with Crippen molar-refractivity contribution in [3.63, 3.8) is 0 Å². The van der Waals surface area contributed by atoms with Gasteiger partial charge >= 0.3 is 0 Å². The second-order valence-corrected chi connectivity index (χ2v) is 15.4. The lowest BCUT2D eigenvalue weighted by atomic mass is 9.99. The van der Waals surface area contributed by atoms with Crippen molar-refractivity contribution in [1.82, 2.24) is 30.3 Å². The quantitative estimate of drug-likeness (QED) is 0.141. The number of nitrogens with zero attached hydrogens (tertiary/aromatic N) is 5. The Kier molecular flexibility index (Phi) is 10.8. The maximum atomic E-state index is 13.3. The van der Waals surface area contributed by atoms with E-state index in [2.05, 4.69) is 34.7 Å². The molecule has 55 heavy (non-hydrogen) atoms. The molecule has 2 aromatic carbocycles. The van der Waals surface area contributed by atoms with Crippen LogP contribution in [0.3, 0.4) is 0 Å². The Morgan fingerprint density at radius 1 is 0.982 bits per heavy atom. The summed E-state index contributed by atoms with van der Waals surface area (Å²) >= 11 is 7.85. The molecule has 2 N–H and O–H groups in total. The second-order valence-electron chi connectivity index (χ2n) is 13.7. The van der Waals surface area contributed by atoms with Gasteiger partial charge in [0.05, 0.1) is 23.3 Å². The van der Waals surface area contributed by atoms with E-state index in [9.17, 15) is 28.8 Å². The molecule has 0 bridgehead atoms. The number of thiophene rings is 1. The van der Waals surface area contributed by atoms with E-state index in [1.165, 1.54) is 12.1 Å². The van der Waals surface area contributed by atoms with Crippen molar-refractivity contribution < 1.29 is 33.5 Å². The Bertz CT molecular complexity index is 2280. The number of fused-ring (bicyclic) bond motifs is 4. The van der Waals surface area contributed by atoms with Crippen LogP contribution >= 0.6 is 22.9 Å². The summed E-state index contributed by atoms with van der Waals surface area (Å²) in [5.74, 6) is -1.50. The van der Waals surface area contributed by atoms with Gasteiger partial charge in [-0.15, -0.1) is 21.5 Å². The van der Waals surface area contributed by atoms with Crippen molar-refractivity contribution in [2.75, 3.05) is 13.2 Å². The lowest BCUT2D eigenvalue weighted by Gasteiger charge is -2.27. The largest absolute Gasteiger partial charge is 0.485 e. The maximum Gasteiger partial charge on any atom is 0.266 e. The number of ketones is 1. The second kappa shape index (κ2) is 15.7. The summed E-state index contributed by atoms with van der Waals surface area (Å²) in [6, 6.07) is 10.3. The molecule has 0 aliphatic carbocycles. The number of piperidine rings is 1. The zero-order valence-corrected chi connectivity index (χ0v) is 32.0. The van der Waals surface area contributed by atoms with Crippen LogP contribution in [-0.2, 0) is 19.2 Å². The first kappa shape index (κ1) is 37.8. The summed E-state index contributed by atoms with van der Waals surface area (Å²) in [4.78, 5) is 83.5. The van der Waals surface area contributed by atoms with E-state index >= 15 is 0 Å². The van der Waals surface area contributed by atoms with Crippen LogP contribution < -0.4 is 15.4 Å². The molecular weight excluding hydrogens is 746 g/mol. The van der Waals surface area contributed by atoms with E-state index in [0.717, 1.165) is 37.2 Å². The maximum absolute atomic E-state index is 13.3. The fourth-order valence-corrected chi connectivity index (χ4v) is 8.41. The number of nitrogens with one attached hydrogen (secondary N) is 2. The van der Waals surface area contributed by atoms with E-state index in [-0.39, 0.29) is 60.9 Å². The predicted molar refractivity (Wildman–Crippen MR) is 203 cm³/mol. The van der Waals surface area contributed by atoms with Gasteiger partial charge in [-0.25, -0.2) is 0 Å². The van der Waals surface area contributed by atoms with Gasteiger partial charge < -0.3 is 10.1 Å². The predicted octanol–water partition coefficient (Wildman–Crippen LogP) is 4.92. The topological polar surface area (TPSA) is 182 Å². The number of rotatable bonds is 13. The van der Waals surface area contributed by atoms with Crippen LogP contribution in [0.2, 0.25) is 5.02 Å². The molecule has 0 radical (unpaired) electrons. The fourth-order valence-electron chi connectivity index (χ4n) is 7.07. The standard InChI is InChI=1S/C39H38ClN7O7S/c1-20-21(2)55-39-32(20)34(23-11-13-24(40)14-12-23)42-27(35-45-44-22(3)46(35)39)18-31(50)41-17-6-4-5-8-25(48)19-54-29-10-7-9-26-33(29)38(53)47(37(26)52)28-15-16-30(49)43-36(28)51/h7,9-14,27-28H,4-6,8,15-19H2,1-3H3,(H,41,50)(H,43,49,51)/t27-,28-/m0/s1. The molecule has 1 fully saturated rings. The molecule has 14 nitrogen and oxygen atoms in total. The molecule has 2 atom stereocenters. The molecule has 1 saturated heterocycles. The van der Waals surface area contributed by atoms with Crippen LogP contribution in [0.15, 0.2) is 47.5 Å². The monoisotopic (exact) mass is 783 g/mol. The van der Waals surface area contributed by atoms with Crippen LogP contribution in [0.5, 0.6) is 5.75 Å². The molecule has 3 aliphatic heterocycles. The lowest BCUT2D eigenvalue weighted by molar-refractivity contribution is -0.136. The molecule has 4 aromatic rings. The van der Waals surface area contributed by atoms with E-state index in [0.29, 0.717) is 42.5 Å². The summed E-state index contributed by atoms with van der Waals surface area (Å²) < 4.78 is 7.71. The molecule has 3 aliphatic rings. The number of aryl methyl sites for hydroxylation is 2.